The maximum absolute atomic E-state index is 12.4. The smallest absolute Gasteiger partial charge is 0.280 e. The Hall–Kier alpha value is -2.15. The highest BCUT2D eigenvalue weighted by atomic mass is 32.3. The van der Waals surface area contributed by atoms with E-state index < -0.39 is 19.9 Å². The van der Waals surface area contributed by atoms with Crippen LogP contribution in [-0.2, 0) is 9.63 Å². The molecule has 0 aliphatic carbocycles. The molecule has 0 saturated carbocycles. The summed E-state index contributed by atoms with van der Waals surface area (Å²) in [6, 6.07) is 11.4. The number of rotatable bonds is 2. The number of carbonyl (C=O) groups excluding carboxylic acids is 2. The summed E-state index contributed by atoms with van der Waals surface area (Å²) in [5.74, 6) is 0. The van der Waals surface area contributed by atoms with Crippen LogP contribution < -0.4 is 0 Å². The molecule has 2 N–H and O–H groups in total. The van der Waals surface area contributed by atoms with Crippen molar-refractivity contribution in [2.75, 3.05) is 0 Å². The third-order valence-corrected chi connectivity index (χ3v) is 5.05. The van der Waals surface area contributed by atoms with Gasteiger partial charge >= 0.3 is 0 Å². The van der Waals surface area contributed by atoms with Crippen molar-refractivity contribution in [2.45, 2.75) is 13.8 Å². The molecule has 0 spiro atoms. The average molecular weight is 320 g/mol. The highest BCUT2D eigenvalue weighted by molar-refractivity contribution is 8.35. The third kappa shape index (κ3) is 2.89. The molecular weight excluding hydrogens is 304 g/mol. The van der Waals surface area contributed by atoms with E-state index in [1.807, 2.05) is 0 Å². The molecule has 0 heterocycles. The number of benzene rings is 2. The van der Waals surface area contributed by atoms with Gasteiger partial charge in [-0.1, -0.05) is 59.7 Å². The first kappa shape index (κ1) is 16.2. The van der Waals surface area contributed by atoms with Gasteiger partial charge in [0.1, 0.15) is 0 Å². The van der Waals surface area contributed by atoms with E-state index in [-0.39, 0.29) is 11.1 Å². The Kier molecular flexibility index (Phi) is 3.87. The Morgan fingerprint density at radius 3 is 1.27 bits per heavy atom. The molecule has 5 nitrogen and oxygen atoms in total. The van der Waals surface area contributed by atoms with Crippen LogP contribution in [-0.4, -0.2) is 23.5 Å². The lowest BCUT2D eigenvalue weighted by Crippen LogP contribution is -2.47. The number of carbonyl (C=O) groups is 2. The highest BCUT2D eigenvalue weighted by Crippen LogP contribution is 2.28. The summed E-state index contributed by atoms with van der Waals surface area (Å²) in [5.41, 5.74) is 1.27. The van der Waals surface area contributed by atoms with E-state index >= 15 is 0 Å². The van der Waals surface area contributed by atoms with E-state index in [4.69, 9.17) is 0 Å². The van der Waals surface area contributed by atoms with Gasteiger partial charge in [0.2, 0.25) is 9.63 Å². The second kappa shape index (κ2) is 5.24. The van der Waals surface area contributed by atoms with Crippen LogP contribution in [0.2, 0.25) is 0 Å². The third-order valence-electron chi connectivity index (χ3n) is 3.24. The van der Waals surface area contributed by atoms with Gasteiger partial charge in [-0.3, -0.25) is 18.7 Å². The molecule has 116 valence electrons. The number of hydrogen-bond acceptors (Lipinski definition) is 3. The molecule has 2 aromatic rings. The van der Waals surface area contributed by atoms with Gasteiger partial charge in [0.05, 0.1) is 0 Å². The first-order valence-corrected chi connectivity index (χ1v) is 8.37. The zero-order valence-electron chi connectivity index (χ0n) is 12.1. The second-order valence-electron chi connectivity index (χ2n) is 5.17. The predicted octanol–water partition coefficient (Wildman–Crippen LogP) is 3.05. The molecule has 0 unspecified atom stereocenters. The normalized spacial score (nSPS) is 13.2. The molecular formula is C16H16O5S. The Bertz CT molecular complexity index is 734. The fourth-order valence-electron chi connectivity index (χ4n) is 1.89. The molecule has 0 saturated heterocycles. The molecule has 0 atom stereocenters. The second-order valence-corrected chi connectivity index (χ2v) is 7.64. The van der Waals surface area contributed by atoms with Crippen molar-refractivity contribution in [3.8, 4) is 0 Å². The fourth-order valence-corrected chi connectivity index (χ4v) is 3.18. The first-order valence-electron chi connectivity index (χ1n) is 6.49. The zero-order chi connectivity index (χ0) is 16.6. The summed E-state index contributed by atoms with van der Waals surface area (Å²) in [6.07, 6.45) is 0. The van der Waals surface area contributed by atoms with Gasteiger partial charge < -0.3 is 0 Å². The van der Waals surface area contributed by atoms with Crippen LogP contribution >= 0.6 is 0 Å². The van der Waals surface area contributed by atoms with Crippen molar-refractivity contribution >= 4 is 19.9 Å². The van der Waals surface area contributed by atoms with Crippen LogP contribution in [0.3, 0.4) is 0 Å². The van der Waals surface area contributed by atoms with Gasteiger partial charge in [0.25, 0.3) is 10.2 Å². The lowest BCUT2D eigenvalue weighted by Gasteiger charge is -2.26. The summed E-state index contributed by atoms with van der Waals surface area (Å²) in [5, 5.41) is -3.00. The predicted molar refractivity (Wildman–Crippen MR) is 84.4 cm³/mol. The van der Waals surface area contributed by atoms with Gasteiger partial charge in [0.15, 0.2) is 0 Å². The van der Waals surface area contributed by atoms with Crippen molar-refractivity contribution in [2.24, 2.45) is 0 Å². The number of aryl methyl sites for hydroxylation is 2. The SMILES string of the molecule is Cc1ccc(C(=O)S(=O)(O)(O)C(=O)c2ccc(C)cc2)cc1. The zero-order valence-corrected chi connectivity index (χ0v) is 13.0. The minimum Gasteiger partial charge on any atom is -0.296 e. The summed E-state index contributed by atoms with van der Waals surface area (Å²) in [6.45, 7) is 3.55. The lowest BCUT2D eigenvalue weighted by atomic mass is 10.2. The molecule has 0 aliphatic rings. The van der Waals surface area contributed by atoms with Crippen molar-refractivity contribution in [3.63, 3.8) is 0 Å². The Morgan fingerprint density at radius 1 is 0.727 bits per heavy atom. The van der Waals surface area contributed by atoms with Crippen LogP contribution in [0.4, 0.5) is 0 Å². The highest BCUT2D eigenvalue weighted by Gasteiger charge is 2.48. The van der Waals surface area contributed by atoms with Gasteiger partial charge in [-0.05, 0) is 13.8 Å². The van der Waals surface area contributed by atoms with Crippen LogP contribution in [0.15, 0.2) is 48.5 Å². The molecule has 0 aromatic heterocycles. The van der Waals surface area contributed by atoms with E-state index in [1.165, 1.54) is 24.3 Å². The largest absolute Gasteiger partial charge is 0.296 e. The lowest BCUT2D eigenvalue weighted by molar-refractivity contribution is 0.0982. The van der Waals surface area contributed by atoms with Crippen LogP contribution in [0.25, 0.3) is 0 Å². The van der Waals surface area contributed by atoms with E-state index in [1.54, 1.807) is 38.1 Å². The fraction of sp³-hybridized carbons (Fsp3) is 0.125. The maximum atomic E-state index is 12.4. The van der Waals surface area contributed by atoms with Gasteiger partial charge in [-0.25, -0.2) is 4.21 Å². The minimum absolute atomic E-state index is 0.201. The monoisotopic (exact) mass is 320 g/mol. The van der Waals surface area contributed by atoms with Crippen LogP contribution in [0, 0.1) is 13.8 Å². The molecule has 0 fully saturated rings. The molecule has 0 radical (unpaired) electrons. The van der Waals surface area contributed by atoms with Crippen LogP contribution in [0.1, 0.15) is 31.8 Å². The topological polar surface area (TPSA) is 91.7 Å². The first-order chi connectivity index (χ1) is 10.1. The summed E-state index contributed by atoms with van der Waals surface area (Å²) in [7, 11) is -6.16. The average Bonchev–Trinajstić information content (AvgIpc) is 2.47. The Balaban J connectivity index is 2.47. The summed E-state index contributed by atoms with van der Waals surface area (Å²) in [4.78, 5) is 24.4. The van der Waals surface area contributed by atoms with Gasteiger partial charge in [0, 0.05) is 11.1 Å². The molecule has 6 heteroatoms. The van der Waals surface area contributed by atoms with E-state index in [0.29, 0.717) is 0 Å². The molecule has 0 amide bonds. The van der Waals surface area contributed by atoms with E-state index in [2.05, 4.69) is 0 Å². The van der Waals surface area contributed by atoms with Gasteiger partial charge in [-0.2, -0.15) is 0 Å². The standard InChI is InChI=1S/C16H16O5S/c1-11-3-7-13(8-4-11)15(17)22(19,20,21)16(18)14-9-5-12(2)6-10-14/h3-10H,1-2H3,(H2,19,20,21). The number of hydrogen-bond donors (Lipinski definition) is 2. The maximum Gasteiger partial charge on any atom is 0.280 e. The quantitative estimate of drug-likeness (QED) is 0.887. The summed E-state index contributed by atoms with van der Waals surface area (Å²) >= 11 is 0. The van der Waals surface area contributed by atoms with Crippen LogP contribution in [0.5, 0.6) is 0 Å². The Labute approximate surface area is 128 Å². The van der Waals surface area contributed by atoms with Crippen molar-refractivity contribution < 1.29 is 22.9 Å². The molecule has 0 bridgehead atoms. The van der Waals surface area contributed by atoms with E-state index in [9.17, 15) is 22.9 Å². The Morgan fingerprint density at radius 2 is 1.00 bits per heavy atom. The molecule has 0 aliphatic heterocycles. The van der Waals surface area contributed by atoms with Crippen molar-refractivity contribution in [3.05, 3.63) is 70.8 Å². The summed E-state index contributed by atoms with van der Waals surface area (Å²) < 4.78 is 32.3. The molecule has 2 aromatic carbocycles. The van der Waals surface area contributed by atoms with Crippen molar-refractivity contribution in [1.82, 2.24) is 0 Å². The van der Waals surface area contributed by atoms with Gasteiger partial charge in [-0.15, -0.1) is 0 Å². The molecule has 22 heavy (non-hydrogen) atoms. The van der Waals surface area contributed by atoms with Crippen molar-refractivity contribution in [1.29, 1.82) is 0 Å². The van der Waals surface area contributed by atoms with E-state index in [0.717, 1.165) is 11.1 Å². The minimum atomic E-state index is -6.16. The molecule has 2 rings (SSSR count).